The highest BCUT2D eigenvalue weighted by molar-refractivity contribution is 7.92. The maximum absolute atomic E-state index is 12.4. The number of sulfone groups is 1. The normalized spacial score (nSPS) is 12.8. The van der Waals surface area contributed by atoms with Crippen LogP contribution in [0.5, 0.6) is 0 Å². The van der Waals surface area contributed by atoms with Gasteiger partial charge in [-0.3, -0.25) is 4.79 Å². The second-order valence-electron chi connectivity index (χ2n) is 5.34. The van der Waals surface area contributed by atoms with E-state index in [1.54, 1.807) is 29.6 Å². The Hall–Kier alpha value is -1.44. The van der Waals surface area contributed by atoms with Crippen LogP contribution in [0.4, 0.5) is 0 Å². The van der Waals surface area contributed by atoms with Crippen LogP contribution in [-0.4, -0.2) is 24.6 Å². The van der Waals surface area contributed by atoms with Crippen LogP contribution >= 0.6 is 22.9 Å². The standard InChI is InChI=1S/C16H19ClN2O3S2/c1-3-15-19-13(9-23-15)10-24(21,22)11(2)16(20)18-8-12-6-4-5-7-14(12)17/h4-7,9,11H,3,8,10H2,1-2H3,(H,18,20). The molecule has 1 unspecified atom stereocenters. The number of nitrogens with one attached hydrogen (secondary N) is 1. The molecule has 0 aliphatic carbocycles. The number of hydrogen-bond donors (Lipinski definition) is 1. The minimum absolute atomic E-state index is 0.190. The number of halogens is 1. The van der Waals surface area contributed by atoms with Crippen molar-refractivity contribution in [3.8, 4) is 0 Å². The number of aryl methyl sites for hydroxylation is 1. The van der Waals surface area contributed by atoms with Gasteiger partial charge in [-0.15, -0.1) is 11.3 Å². The molecule has 1 aromatic carbocycles. The average Bonchev–Trinajstić information content (AvgIpc) is 3.00. The van der Waals surface area contributed by atoms with Gasteiger partial charge in [0.1, 0.15) is 5.25 Å². The Morgan fingerprint density at radius 2 is 2.08 bits per heavy atom. The lowest BCUT2D eigenvalue weighted by Crippen LogP contribution is -2.38. The predicted octanol–water partition coefficient (Wildman–Crippen LogP) is 2.98. The van der Waals surface area contributed by atoms with Crippen LogP contribution in [0.2, 0.25) is 5.02 Å². The maximum atomic E-state index is 12.4. The Bertz CT molecular complexity index is 818. The smallest absolute Gasteiger partial charge is 0.238 e. The van der Waals surface area contributed by atoms with Crippen LogP contribution in [0.15, 0.2) is 29.6 Å². The highest BCUT2D eigenvalue weighted by Gasteiger charge is 2.28. The van der Waals surface area contributed by atoms with Crippen LogP contribution in [0, 0.1) is 0 Å². The molecule has 0 aliphatic heterocycles. The van der Waals surface area contributed by atoms with Gasteiger partial charge in [0.05, 0.1) is 16.5 Å². The molecule has 2 rings (SSSR count). The molecule has 1 amide bonds. The fourth-order valence-electron chi connectivity index (χ4n) is 2.04. The van der Waals surface area contributed by atoms with Gasteiger partial charge < -0.3 is 5.32 Å². The number of nitrogens with zero attached hydrogens (tertiary/aromatic N) is 1. The molecule has 0 bridgehead atoms. The summed E-state index contributed by atoms with van der Waals surface area (Å²) in [6.45, 7) is 3.54. The van der Waals surface area contributed by atoms with Crippen LogP contribution in [0.25, 0.3) is 0 Å². The molecule has 0 fully saturated rings. The highest BCUT2D eigenvalue weighted by atomic mass is 35.5. The van der Waals surface area contributed by atoms with E-state index in [0.717, 1.165) is 17.0 Å². The zero-order valence-electron chi connectivity index (χ0n) is 13.5. The monoisotopic (exact) mass is 386 g/mol. The molecule has 1 N–H and O–H groups in total. The van der Waals surface area contributed by atoms with Gasteiger partial charge in [0, 0.05) is 16.9 Å². The Morgan fingerprint density at radius 1 is 1.38 bits per heavy atom. The van der Waals surface area contributed by atoms with E-state index in [0.29, 0.717) is 10.7 Å². The number of rotatable bonds is 7. The molecule has 0 aliphatic rings. The first-order chi connectivity index (χ1) is 11.3. The summed E-state index contributed by atoms with van der Waals surface area (Å²) >= 11 is 7.45. The minimum atomic E-state index is -3.62. The fraction of sp³-hybridized carbons (Fsp3) is 0.375. The van der Waals surface area contributed by atoms with E-state index in [-0.39, 0.29) is 12.3 Å². The van der Waals surface area contributed by atoms with Gasteiger partial charge in [0.25, 0.3) is 0 Å². The largest absolute Gasteiger partial charge is 0.351 e. The molecular weight excluding hydrogens is 368 g/mol. The lowest BCUT2D eigenvalue weighted by Gasteiger charge is -2.13. The molecule has 1 aromatic heterocycles. The van der Waals surface area contributed by atoms with E-state index in [1.165, 1.54) is 18.3 Å². The summed E-state index contributed by atoms with van der Waals surface area (Å²) in [6, 6.07) is 7.10. The number of aromatic nitrogens is 1. The maximum Gasteiger partial charge on any atom is 0.238 e. The Kier molecular flexibility index (Phi) is 6.37. The van der Waals surface area contributed by atoms with E-state index in [1.807, 2.05) is 6.92 Å². The summed E-state index contributed by atoms with van der Waals surface area (Å²) in [7, 11) is -3.62. The number of carbonyl (C=O) groups excluding carboxylic acids is 1. The summed E-state index contributed by atoms with van der Waals surface area (Å²) in [4.78, 5) is 16.4. The highest BCUT2D eigenvalue weighted by Crippen LogP contribution is 2.17. The molecule has 0 radical (unpaired) electrons. The van der Waals surface area contributed by atoms with Gasteiger partial charge in [-0.2, -0.15) is 0 Å². The molecule has 1 atom stereocenters. The third kappa shape index (κ3) is 4.78. The second-order valence-corrected chi connectivity index (χ2v) is 9.02. The Balaban J connectivity index is 1.99. The predicted molar refractivity (Wildman–Crippen MR) is 96.9 cm³/mol. The summed E-state index contributed by atoms with van der Waals surface area (Å²) in [5, 5.41) is 4.62. The molecule has 5 nitrogen and oxygen atoms in total. The van der Waals surface area contributed by atoms with E-state index >= 15 is 0 Å². The van der Waals surface area contributed by atoms with Crippen molar-refractivity contribution in [1.82, 2.24) is 10.3 Å². The molecule has 24 heavy (non-hydrogen) atoms. The number of hydrogen-bond acceptors (Lipinski definition) is 5. The van der Waals surface area contributed by atoms with Crippen molar-refractivity contribution in [3.05, 3.63) is 50.9 Å². The number of thiazole rings is 1. The Morgan fingerprint density at radius 3 is 2.71 bits per heavy atom. The van der Waals surface area contributed by atoms with Crippen LogP contribution in [-0.2, 0) is 33.4 Å². The van der Waals surface area contributed by atoms with Crippen molar-refractivity contribution in [2.75, 3.05) is 0 Å². The summed E-state index contributed by atoms with van der Waals surface area (Å²) < 4.78 is 24.8. The van der Waals surface area contributed by atoms with Gasteiger partial charge in [-0.1, -0.05) is 36.7 Å². The summed E-state index contributed by atoms with van der Waals surface area (Å²) in [5.41, 5.74) is 1.23. The molecule has 8 heteroatoms. The zero-order chi connectivity index (χ0) is 17.7. The van der Waals surface area contributed by atoms with Gasteiger partial charge >= 0.3 is 0 Å². The molecule has 0 spiro atoms. The first-order valence-electron chi connectivity index (χ1n) is 7.49. The van der Waals surface area contributed by atoms with E-state index in [9.17, 15) is 13.2 Å². The van der Waals surface area contributed by atoms with Crippen molar-refractivity contribution >= 4 is 38.7 Å². The molecule has 2 aromatic rings. The summed E-state index contributed by atoms with van der Waals surface area (Å²) in [6.07, 6.45) is 0.762. The van der Waals surface area contributed by atoms with Crippen molar-refractivity contribution in [1.29, 1.82) is 0 Å². The average molecular weight is 387 g/mol. The van der Waals surface area contributed by atoms with Gasteiger partial charge in [-0.25, -0.2) is 13.4 Å². The first-order valence-corrected chi connectivity index (χ1v) is 10.5. The van der Waals surface area contributed by atoms with E-state index in [4.69, 9.17) is 11.6 Å². The number of amides is 1. The lowest BCUT2D eigenvalue weighted by atomic mass is 10.2. The quantitative estimate of drug-likeness (QED) is 0.793. The lowest BCUT2D eigenvalue weighted by molar-refractivity contribution is -0.120. The molecule has 0 saturated heterocycles. The topological polar surface area (TPSA) is 76.1 Å². The first kappa shape index (κ1) is 18.9. The molecular formula is C16H19ClN2O3S2. The van der Waals surface area contributed by atoms with Gasteiger partial charge in [-0.05, 0) is 25.0 Å². The van der Waals surface area contributed by atoms with Gasteiger partial charge in [0.15, 0.2) is 9.84 Å². The Labute approximate surface area is 151 Å². The van der Waals surface area contributed by atoms with Crippen molar-refractivity contribution < 1.29 is 13.2 Å². The second kappa shape index (κ2) is 8.09. The van der Waals surface area contributed by atoms with Gasteiger partial charge in [0.2, 0.25) is 5.91 Å². The zero-order valence-corrected chi connectivity index (χ0v) is 15.8. The van der Waals surface area contributed by atoms with Crippen molar-refractivity contribution in [3.63, 3.8) is 0 Å². The van der Waals surface area contributed by atoms with Crippen LogP contribution < -0.4 is 5.32 Å². The molecule has 0 saturated carbocycles. The van der Waals surface area contributed by atoms with Crippen LogP contribution in [0.1, 0.15) is 30.1 Å². The van der Waals surface area contributed by atoms with E-state index in [2.05, 4.69) is 10.3 Å². The van der Waals surface area contributed by atoms with E-state index < -0.39 is 21.0 Å². The third-order valence-corrected chi connectivity index (χ3v) is 6.97. The minimum Gasteiger partial charge on any atom is -0.351 e. The number of benzene rings is 1. The molecule has 1 heterocycles. The SMILES string of the molecule is CCc1nc(CS(=O)(=O)C(C)C(=O)NCc2ccccc2Cl)cs1. The van der Waals surface area contributed by atoms with Crippen molar-refractivity contribution in [2.45, 2.75) is 37.8 Å². The van der Waals surface area contributed by atoms with Crippen molar-refractivity contribution in [2.24, 2.45) is 0 Å². The van der Waals surface area contributed by atoms with Crippen LogP contribution in [0.3, 0.4) is 0 Å². The summed E-state index contributed by atoms with van der Waals surface area (Å²) in [5.74, 6) is -0.773. The third-order valence-electron chi connectivity index (χ3n) is 3.57. The fourth-order valence-corrected chi connectivity index (χ4v) is 4.31. The number of carbonyl (C=O) groups is 1. The molecule has 130 valence electrons.